The molecule has 0 spiro atoms. The number of benzene rings is 2. The second-order valence-corrected chi connectivity index (χ2v) is 7.70. The Hall–Kier alpha value is -2.83. The number of halogens is 1. The molecule has 3 rings (SSSR count). The number of methoxy groups -OCH3 is 1. The maximum Gasteiger partial charge on any atom is 0.295 e. The molecule has 1 N–H and O–H groups in total. The smallest absolute Gasteiger partial charge is 0.295 e. The first kappa shape index (κ1) is 22.8. The minimum Gasteiger partial charge on any atom is -0.507 e. The first-order valence-corrected chi connectivity index (χ1v) is 10.7. The van der Waals surface area contributed by atoms with Gasteiger partial charge in [0.15, 0.2) is 0 Å². The second kappa shape index (κ2) is 9.98. The van der Waals surface area contributed by atoms with Gasteiger partial charge in [0.05, 0.1) is 18.7 Å². The van der Waals surface area contributed by atoms with Crippen molar-refractivity contribution < 1.29 is 19.4 Å². The lowest BCUT2D eigenvalue weighted by molar-refractivity contribution is -0.140. The quantitative estimate of drug-likeness (QED) is 0.378. The highest BCUT2D eigenvalue weighted by Gasteiger charge is 2.46. The van der Waals surface area contributed by atoms with E-state index in [9.17, 15) is 14.7 Å². The normalized spacial score (nSPS) is 18.1. The van der Waals surface area contributed by atoms with Gasteiger partial charge in [-0.15, -0.1) is 0 Å². The van der Waals surface area contributed by atoms with Gasteiger partial charge < -0.3 is 19.6 Å². The average molecular weight is 443 g/mol. The standard InChI is InChI=1S/C24H27ClN2O4/c1-4-26(5-2)14-15-27-21(18-8-6-7-9-19(18)31-3)20(23(29)24(27)30)22(28)16-10-12-17(25)13-11-16/h6-13,21,28H,4-5,14-15H2,1-3H3/t21-/m0/s1. The van der Waals surface area contributed by atoms with Gasteiger partial charge >= 0.3 is 0 Å². The molecule has 2 aromatic carbocycles. The topological polar surface area (TPSA) is 70.1 Å². The van der Waals surface area contributed by atoms with Gasteiger partial charge in [-0.2, -0.15) is 0 Å². The second-order valence-electron chi connectivity index (χ2n) is 7.27. The van der Waals surface area contributed by atoms with E-state index in [1.165, 1.54) is 4.90 Å². The van der Waals surface area contributed by atoms with E-state index in [4.69, 9.17) is 16.3 Å². The number of nitrogens with zero attached hydrogens (tertiary/aromatic N) is 2. The molecule has 2 aromatic rings. The van der Waals surface area contributed by atoms with Gasteiger partial charge in [0.25, 0.3) is 11.7 Å². The number of hydrogen-bond acceptors (Lipinski definition) is 5. The highest BCUT2D eigenvalue weighted by atomic mass is 35.5. The number of hydrogen-bond donors (Lipinski definition) is 1. The summed E-state index contributed by atoms with van der Waals surface area (Å²) in [5.41, 5.74) is 1.13. The summed E-state index contributed by atoms with van der Waals surface area (Å²) >= 11 is 5.97. The highest BCUT2D eigenvalue weighted by Crippen LogP contribution is 2.42. The molecule has 7 heteroatoms. The van der Waals surface area contributed by atoms with Crippen LogP contribution in [0.15, 0.2) is 54.1 Å². The molecule has 1 aliphatic rings. The summed E-state index contributed by atoms with van der Waals surface area (Å²) in [5, 5.41) is 11.6. The van der Waals surface area contributed by atoms with Crippen molar-refractivity contribution in [3.8, 4) is 5.75 Å². The molecule has 31 heavy (non-hydrogen) atoms. The number of ether oxygens (including phenoxy) is 1. The number of carbonyl (C=O) groups is 2. The summed E-state index contributed by atoms with van der Waals surface area (Å²) in [4.78, 5) is 29.8. The minimum atomic E-state index is -0.748. The molecule has 0 aliphatic carbocycles. The Labute approximate surface area is 187 Å². The number of Topliss-reactive ketones (excluding diaryl/α,β-unsaturated/α-hetero) is 1. The number of rotatable bonds is 8. The molecule has 1 aliphatic heterocycles. The third-order valence-electron chi connectivity index (χ3n) is 5.64. The maximum absolute atomic E-state index is 13.1. The van der Waals surface area contributed by atoms with Crippen molar-refractivity contribution in [2.24, 2.45) is 0 Å². The lowest BCUT2D eigenvalue weighted by Crippen LogP contribution is -2.38. The van der Waals surface area contributed by atoms with Crippen LogP contribution >= 0.6 is 11.6 Å². The summed E-state index contributed by atoms with van der Waals surface area (Å²) < 4.78 is 5.51. The fourth-order valence-corrected chi connectivity index (χ4v) is 4.00. The maximum atomic E-state index is 13.1. The van der Waals surface area contributed by atoms with Crippen molar-refractivity contribution in [2.75, 3.05) is 33.3 Å². The van der Waals surface area contributed by atoms with Gasteiger partial charge in [-0.1, -0.05) is 43.6 Å². The number of ketones is 1. The van der Waals surface area contributed by atoms with Gasteiger partial charge in [-0.3, -0.25) is 9.59 Å². The summed E-state index contributed by atoms with van der Waals surface area (Å²) in [7, 11) is 1.54. The Balaban J connectivity index is 2.14. The van der Waals surface area contributed by atoms with Crippen molar-refractivity contribution >= 4 is 29.1 Å². The van der Waals surface area contributed by atoms with Gasteiger partial charge in [0, 0.05) is 29.2 Å². The van der Waals surface area contributed by atoms with Crippen molar-refractivity contribution in [1.82, 2.24) is 9.80 Å². The van der Waals surface area contributed by atoms with E-state index in [0.29, 0.717) is 35.0 Å². The van der Waals surface area contributed by atoms with Gasteiger partial charge in [0.1, 0.15) is 11.5 Å². The van der Waals surface area contributed by atoms with Crippen molar-refractivity contribution in [3.05, 3.63) is 70.3 Å². The third-order valence-corrected chi connectivity index (χ3v) is 5.89. The van der Waals surface area contributed by atoms with Gasteiger partial charge in [-0.05, 0) is 43.4 Å². The van der Waals surface area contributed by atoms with E-state index in [2.05, 4.69) is 18.7 Å². The first-order valence-electron chi connectivity index (χ1n) is 10.3. The summed E-state index contributed by atoms with van der Waals surface area (Å²) in [6, 6.07) is 13.0. The molecule has 1 atom stereocenters. The molecule has 1 fully saturated rings. The highest BCUT2D eigenvalue weighted by molar-refractivity contribution is 6.46. The van der Waals surface area contributed by atoms with Crippen LogP contribution in [0.3, 0.4) is 0 Å². The Morgan fingerprint density at radius 2 is 1.74 bits per heavy atom. The summed E-state index contributed by atoms with van der Waals surface area (Å²) in [6.45, 7) is 6.75. The van der Waals surface area contributed by atoms with Crippen molar-refractivity contribution in [3.63, 3.8) is 0 Å². The number of aliphatic hydroxyl groups is 1. The zero-order chi connectivity index (χ0) is 22.5. The van der Waals surface area contributed by atoms with Crippen LogP contribution in [0, 0.1) is 0 Å². The van der Waals surface area contributed by atoms with Crippen LogP contribution in [-0.2, 0) is 9.59 Å². The van der Waals surface area contributed by atoms with E-state index in [1.807, 2.05) is 18.2 Å². The fraction of sp³-hybridized carbons (Fsp3) is 0.333. The van der Waals surface area contributed by atoms with Crippen LogP contribution in [0.4, 0.5) is 0 Å². The van der Waals surface area contributed by atoms with Crippen LogP contribution in [-0.4, -0.2) is 59.9 Å². The van der Waals surface area contributed by atoms with E-state index < -0.39 is 17.7 Å². The molecule has 0 aromatic heterocycles. The molecular weight excluding hydrogens is 416 g/mol. The van der Waals surface area contributed by atoms with E-state index in [-0.39, 0.29) is 11.3 Å². The lowest BCUT2D eigenvalue weighted by Gasteiger charge is -2.29. The molecular formula is C24H27ClN2O4. The Morgan fingerprint density at radius 1 is 1.10 bits per heavy atom. The third kappa shape index (κ3) is 4.60. The number of para-hydroxylation sites is 1. The van der Waals surface area contributed by atoms with E-state index >= 15 is 0 Å². The summed E-state index contributed by atoms with van der Waals surface area (Å²) in [6.07, 6.45) is 0. The number of likely N-dealkylation sites (N-methyl/N-ethyl adjacent to an activating group) is 1. The molecule has 0 saturated carbocycles. The molecule has 1 heterocycles. The molecule has 0 bridgehead atoms. The molecule has 164 valence electrons. The number of amides is 1. The van der Waals surface area contributed by atoms with Gasteiger partial charge in [-0.25, -0.2) is 0 Å². The van der Waals surface area contributed by atoms with Crippen molar-refractivity contribution in [2.45, 2.75) is 19.9 Å². The molecule has 0 unspecified atom stereocenters. The minimum absolute atomic E-state index is 0.0522. The number of carbonyl (C=O) groups excluding carboxylic acids is 2. The zero-order valence-corrected chi connectivity index (χ0v) is 18.7. The van der Waals surface area contributed by atoms with Crippen LogP contribution in [0.2, 0.25) is 5.02 Å². The van der Waals surface area contributed by atoms with Crippen LogP contribution in [0.5, 0.6) is 5.75 Å². The molecule has 0 radical (unpaired) electrons. The Morgan fingerprint density at radius 3 is 2.35 bits per heavy atom. The number of likely N-dealkylation sites (tertiary alicyclic amines) is 1. The molecule has 1 saturated heterocycles. The fourth-order valence-electron chi connectivity index (χ4n) is 3.88. The zero-order valence-electron chi connectivity index (χ0n) is 18.0. The van der Waals surface area contributed by atoms with Crippen LogP contribution < -0.4 is 4.74 Å². The lowest BCUT2D eigenvalue weighted by atomic mass is 9.94. The predicted molar refractivity (Wildman–Crippen MR) is 121 cm³/mol. The molecule has 6 nitrogen and oxygen atoms in total. The predicted octanol–water partition coefficient (Wildman–Crippen LogP) is 4.11. The Bertz CT molecular complexity index is 983. The molecule has 1 amide bonds. The van der Waals surface area contributed by atoms with Gasteiger partial charge in [0.2, 0.25) is 0 Å². The largest absolute Gasteiger partial charge is 0.507 e. The number of aliphatic hydroxyl groups excluding tert-OH is 1. The Kier molecular flexibility index (Phi) is 7.36. The SMILES string of the molecule is CCN(CC)CCN1C(=O)C(=O)C(=C(O)c2ccc(Cl)cc2)[C@@H]1c1ccccc1OC. The van der Waals surface area contributed by atoms with Crippen LogP contribution in [0.1, 0.15) is 31.0 Å². The van der Waals surface area contributed by atoms with E-state index in [1.54, 1.807) is 37.4 Å². The first-order chi connectivity index (χ1) is 14.9. The van der Waals surface area contributed by atoms with Crippen LogP contribution in [0.25, 0.3) is 5.76 Å². The monoisotopic (exact) mass is 442 g/mol. The average Bonchev–Trinajstić information content (AvgIpc) is 3.04. The van der Waals surface area contributed by atoms with Crippen molar-refractivity contribution in [1.29, 1.82) is 0 Å². The summed E-state index contributed by atoms with van der Waals surface area (Å²) in [5.74, 6) is -1.01. The van der Waals surface area contributed by atoms with E-state index in [0.717, 1.165) is 13.1 Å².